The smallest absolute Gasteiger partial charge is 0.0654 e. The molecule has 0 N–H and O–H groups in total. The van der Waals surface area contributed by atoms with Crippen LogP contribution < -0.4 is 0 Å². The summed E-state index contributed by atoms with van der Waals surface area (Å²) in [5, 5.41) is 0. The minimum atomic E-state index is 1.10. The van der Waals surface area contributed by atoms with Gasteiger partial charge in [0.2, 0.25) is 6.58 Å². The van der Waals surface area contributed by atoms with Gasteiger partial charge in [0.1, 0.15) is 0 Å². The molecule has 0 saturated heterocycles. The Kier molecular flexibility index (Phi) is 23.3. The maximum Gasteiger partial charge on any atom is 0.201 e. The van der Waals surface area contributed by atoms with Crippen molar-refractivity contribution in [2.45, 2.75) is 148 Å². The second-order valence-electron chi connectivity index (χ2n) is 8.10. The van der Waals surface area contributed by atoms with Crippen LogP contribution in [0.3, 0.4) is 0 Å². The Morgan fingerprint density at radius 3 is 0.880 bits per heavy atom. The minimum absolute atomic E-state index is 1.10. The molecule has 0 heterocycles. The zero-order valence-corrected chi connectivity index (χ0v) is 17.7. The fourth-order valence-corrected chi connectivity index (χ4v) is 3.69. The van der Waals surface area contributed by atoms with Crippen molar-refractivity contribution in [3.63, 3.8) is 0 Å². The quantitative estimate of drug-likeness (QED) is 0.135. The third kappa shape index (κ3) is 23.6. The van der Waals surface area contributed by atoms with Crippen LogP contribution in [0, 0.1) is 6.58 Å². The van der Waals surface area contributed by atoms with Crippen molar-refractivity contribution in [3.8, 4) is 0 Å². The van der Waals surface area contributed by atoms with E-state index < -0.39 is 0 Å². The Labute approximate surface area is 161 Å². The van der Waals surface area contributed by atoms with Crippen molar-refractivity contribution in [2.24, 2.45) is 0 Å². The number of allylic oxidation sites excluding steroid dienone is 1. The van der Waals surface area contributed by atoms with Crippen molar-refractivity contribution >= 4 is 0 Å². The molecule has 0 heteroatoms. The van der Waals surface area contributed by atoms with E-state index in [1.165, 1.54) is 135 Å². The first-order valence-corrected chi connectivity index (χ1v) is 11.9. The molecule has 0 atom stereocenters. The van der Waals surface area contributed by atoms with Gasteiger partial charge in [0.05, 0.1) is 0 Å². The molecule has 0 unspecified atom stereocenters. The third-order valence-corrected chi connectivity index (χ3v) is 5.47. The van der Waals surface area contributed by atoms with Crippen LogP contribution in [0.5, 0.6) is 0 Å². The van der Waals surface area contributed by atoms with Gasteiger partial charge in [-0.1, -0.05) is 135 Å². The van der Waals surface area contributed by atoms with Crippen LogP contribution in [0.4, 0.5) is 0 Å². The van der Waals surface area contributed by atoms with Crippen molar-refractivity contribution in [3.05, 3.63) is 12.7 Å². The van der Waals surface area contributed by atoms with Gasteiger partial charge < -0.3 is 0 Å². The first-order valence-electron chi connectivity index (χ1n) is 11.9. The SMILES string of the molecule is [CH+]=CCCCCCCCCCCCCCCCCCCCCCCC. The lowest BCUT2D eigenvalue weighted by Gasteiger charge is -2.04. The van der Waals surface area contributed by atoms with Crippen LogP contribution >= 0.6 is 0 Å². The Balaban J connectivity index is 2.95. The van der Waals surface area contributed by atoms with E-state index in [1.54, 1.807) is 6.08 Å². The van der Waals surface area contributed by atoms with E-state index >= 15 is 0 Å². The molecular weight excluding hydrogens is 300 g/mol. The van der Waals surface area contributed by atoms with Crippen molar-refractivity contribution in [2.75, 3.05) is 0 Å². The first kappa shape index (κ1) is 24.7. The second-order valence-corrected chi connectivity index (χ2v) is 8.10. The monoisotopic (exact) mass is 349 g/mol. The predicted molar refractivity (Wildman–Crippen MR) is 116 cm³/mol. The molecule has 0 saturated carbocycles. The van der Waals surface area contributed by atoms with E-state index in [-0.39, 0.29) is 0 Å². The molecule has 0 spiro atoms. The van der Waals surface area contributed by atoms with E-state index in [0.29, 0.717) is 0 Å². The topological polar surface area (TPSA) is 0 Å². The van der Waals surface area contributed by atoms with Crippen LogP contribution in [-0.4, -0.2) is 0 Å². The zero-order valence-electron chi connectivity index (χ0n) is 17.7. The van der Waals surface area contributed by atoms with Gasteiger partial charge in [0.25, 0.3) is 0 Å². The summed E-state index contributed by atoms with van der Waals surface area (Å²) in [6.07, 6.45) is 33.3. The van der Waals surface area contributed by atoms with Gasteiger partial charge >= 0.3 is 0 Å². The van der Waals surface area contributed by atoms with Crippen LogP contribution in [0.15, 0.2) is 6.08 Å². The Hall–Kier alpha value is -0.350. The number of hydrogen-bond donors (Lipinski definition) is 0. The number of hydrogen-bond acceptors (Lipinski definition) is 0. The molecule has 0 aliphatic carbocycles. The van der Waals surface area contributed by atoms with E-state index in [4.69, 9.17) is 6.58 Å². The van der Waals surface area contributed by atoms with E-state index in [0.717, 1.165) is 6.42 Å². The highest BCUT2D eigenvalue weighted by Crippen LogP contribution is 2.15. The summed E-state index contributed by atoms with van der Waals surface area (Å²) < 4.78 is 0. The van der Waals surface area contributed by atoms with Gasteiger partial charge in [-0.15, -0.1) is 0 Å². The molecular formula is C25H49+. The normalized spacial score (nSPS) is 11.0. The highest BCUT2D eigenvalue weighted by Gasteiger charge is 1.95. The average Bonchev–Trinajstić information content (AvgIpc) is 2.63. The Bertz CT molecular complexity index is 230. The van der Waals surface area contributed by atoms with Gasteiger partial charge in [-0.2, -0.15) is 0 Å². The fourth-order valence-electron chi connectivity index (χ4n) is 3.69. The highest BCUT2D eigenvalue weighted by atomic mass is 14.0. The first-order chi connectivity index (χ1) is 12.4. The minimum Gasteiger partial charge on any atom is -0.0654 e. The number of unbranched alkanes of at least 4 members (excludes halogenated alkanes) is 21. The van der Waals surface area contributed by atoms with Gasteiger partial charge in [-0.05, 0) is 6.42 Å². The molecule has 0 aliphatic rings. The maximum atomic E-state index is 5.39. The van der Waals surface area contributed by atoms with Crippen LogP contribution in [-0.2, 0) is 0 Å². The molecule has 0 nitrogen and oxygen atoms in total. The summed E-state index contributed by atoms with van der Waals surface area (Å²) in [7, 11) is 0. The summed E-state index contributed by atoms with van der Waals surface area (Å²) in [5.74, 6) is 0. The summed E-state index contributed by atoms with van der Waals surface area (Å²) in [4.78, 5) is 0. The lowest BCUT2D eigenvalue weighted by atomic mass is 10.0. The maximum absolute atomic E-state index is 5.39. The summed E-state index contributed by atoms with van der Waals surface area (Å²) in [5.41, 5.74) is 0. The van der Waals surface area contributed by atoms with Gasteiger partial charge in [0.15, 0.2) is 6.08 Å². The zero-order chi connectivity index (χ0) is 18.3. The molecule has 0 aromatic carbocycles. The van der Waals surface area contributed by atoms with E-state index in [9.17, 15) is 0 Å². The molecule has 0 rings (SSSR count). The summed E-state index contributed by atoms with van der Waals surface area (Å²) in [6, 6.07) is 0. The standard InChI is InChI=1S/C25H49/c1-3-5-7-9-11-13-15-17-19-21-23-25-24-22-20-18-16-14-12-10-8-6-4-2/h1,3H,4-25H2,2H3/q+1. The van der Waals surface area contributed by atoms with Crippen LogP contribution in [0.2, 0.25) is 0 Å². The Morgan fingerprint density at radius 2 is 0.640 bits per heavy atom. The average molecular weight is 350 g/mol. The molecule has 0 radical (unpaired) electrons. The third-order valence-electron chi connectivity index (χ3n) is 5.47. The Morgan fingerprint density at radius 1 is 0.400 bits per heavy atom. The van der Waals surface area contributed by atoms with E-state index in [2.05, 4.69) is 6.92 Å². The van der Waals surface area contributed by atoms with E-state index in [1.807, 2.05) is 0 Å². The highest BCUT2D eigenvalue weighted by molar-refractivity contribution is 4.61. The summed E-state index contributed by atoms with van der Waals surface area (Å²) >= 11 is 0. The lowest BCUT2D eigenvalue weighted by molar-refractivity contribution is 0.520. The molecule has 0 fully saturated rings. The molecule has 148 valence electrons. The molecule has 0 aliphatic heterocycles. The molecule has 0 aromatic rings. The van der Waals surface area contributed by atoms with Crippen molar-refractivity contribution < 1.29 is 0 Å². The van der Waals surface area contributed by atoms with Gasteiger partial charge in [0, 0.05) is 6.42 Å². The van der Waals surface area contributed by atoms with Crippen molar-refractivity contribution in [1.82, 2.24) is 0 Å². The van der Waals surface area contributed by atoms with Gasteiger partial charge in [-0.25, -0.2) is 0 Å². The van der Waals surface area contributed by atoms with Gasteiger partial charge in [-0.3, -0.25) is 0 Å². The lowest BCUT2D eigenvalue weighted by Crippen LogP contribution is -1.84. The fraction of sp³-hybridized carbons (Fsp3) is 0.920. The molecule has 0 amide bonds. The van der Waals surface area contributed by atoms with Crippen LogP contribution in [0.1, 0.15) is 148 Å². The molecule has 25 heavy (non-hydrogen) atoms. The van der Waals surface area contributed by atoms with Crippen LogP contribution in [0.25, 0.3) is 0 Å². The van der Waals surface area contributed by atoms with Crippen molar-refractivity contribution in [1.29, 1.82) is 0 Å². The number of rotatable bonds is 22. The molecule has 0 aromatic heterocycles. The largest absolute Gasteiger partial charge is 0.201 e. The summed E-state index contributed by atoms with van der Waals surface area (Å²) in [6.45, 7) is 7.69. The second kappa shape index (κ2) is 23.6. The molecule has 0 bridgehead atoms. The predicted octanol–water partition coefficient (Wildman–Crippen LogP) is 9.58.